The highest BCUT2D eigenvalue weighted by atomic mass is 16.6. The molecule has 0 spiro atoms. The molecule has 17 nitrogen and oxygen atoms in total. The van der Waals surface area contributed by atoms with Gasteiger partial charge in [-0.15, -0.1) is 0 Å². The average molecular weight is 677 g/mol. The summed E-state index contributed by atoms with van der Waals surface area (Å²) in [5, 5.41) is 0. The van der Waals surface area contributed by atoms with Gasteiger partial charge in [-0.3, -0.25) is 23.7 Å². The number of likely N-dealkylation sites (N-methyl/N-ethyl adjacent to an activating group) is 1. The van der Waals surface area contributed by atoms with E-state index in [1.165, 1.54) is 36.5 Å². The zero-order chi connectivity index (χ0) is 35.4. The number of methoxy groups -OCH3 is 3. The van der Waals surface area contributed by atoms with Crippen molar-refractivity contribution in [3.63, 3.8) is 0 Å². The van der Waals surface area contributed by atoms with E-state index < -0.39 is 54.7 Å². The second-order valence-electron chi connectivity index (χ2n) is 12.0. The van der Waals surface area contributed by atoms with Crippen molar-refractivity contribution < 1.29 is 42.8 Å². The summed E-state index contributed by atoms with van der Waals surface area (Å²) in [5.74, 6) is -1.00. The van der Waals surface area contributed by atoms with Crippen molar-refractivity contribution in [3.8, 4) is 0 Å². The van der Waals surface area contributed by atoms with Crippen LogP contribution in [0, 0.1) is 25.7 Å². The van der Waals surface area contributed by atoms with Crippen molar-refractivity contribution in [2.45, 2.75) is 71.0 Å². The van der Waals surface area contributed by atoms with Gasteiger partial charge in [-0.25, -0.2) is 14.4 Å². The zero-order valence-corrected chi connectivity index (χ0v) is 28.6. The van der Waals surface area contributed by atoms with Crippen LogP contribution >= 0.6 is 0 Å². The van der Waals surface area contributed by atoms with Crippen molar-refractivity contribution in [1.29, 1.82) is 0 Å². The molecular weight excluding hydrogens is 632 g/mol. The molecule has 48 heavy (non-hydrogen) atoms. The number of rotatable bonds is 12. The molecule has 0 N–H and O–H groups in total. The lowest BCUT2D eigenvalue weighted by molar-refractivity contribution is -0.121. The second kappa shape index (κ2) is 15.5. The molecule has 2 aliphatic rings. The lowest BCUT2D eigenvalue weighted by Crippen LogP contribution is -2.39. The summed E-state index contributed by atoms with van der Waals surface area (Å²) < 4.78 is 36.2. The highest BCUT2D eigenvalue weighted by Gasteiger charge is 2.45. The number of nitrogens with zero attached hydrogens (tertiary/aromatic N) is 6. The molecule has 0 radical (unpaired) electrons. The van der Waals surface area contributed by atoms with Gasteiger partial charge >= 0.3 is 17.5 Å². The van der Waals surface area contributed by atoms with Gasteiger partial charge in [0.05, 0.1) is 24.9 Å². The van der Waals surface area contributed by atoms with E-state index in [0.29, 0.717) is 11.1 Å². The number of hydrogen-bond acceptors (Lipinski definition) is 13. The van der Waals surface area contributed by atoms with Gasteiger partial charge < -0.3 is 33.2 Å². The Morgan fingerprint density at radius 2 is 1.33 bits per heavy atom. The van der Waals surface area contributed by atoms with E-state index in [1.54, 1.807) is 34.3 Å². The predicted octanol–water partition coefficient (Wildman–Crippen LogP) is 0.985. The number of carbonyl (C=O) groups is 3. The van der Waals surface area contributed by atoms with Gasteiger partial charge in [-0.1, -0.05) is 13.8 Å². The fourth-order valence-corrected chi connectivity index (χ4v) is 6.40. The summed E-state index contributed by atoms with van der Waals surface area (Å²) in [4.78, 5) is 73.6. The monoisotopic (exact) mass is 676 g/mol. The highest BCUT2D eigenvalue weighted by Crippen LogP contribution is 2.37. The molecule has 8 unspecified atom stereocenters. The molecule has 264 valence electrons. The topological polar surface area (TPSA) is 183 Å². The molecule has 17 heteroatoms. The fraction of sp³-hybridized carbons (Fsp3) is 0.645. The standard InChI is InChI=1S/C31H44N6O11/c1-16-12-37(28-19(4)24(45-9)21(48-28)14-43-7)29(40)32-25(16)34(5)22(39)15-46-31(42)35(6)26-17(2)13-36(30(41)33-26)27-18(3)23(44-8)20(47-27)10-11-38/h11-13,18-21,23-24,27-28H,10,14-15H2,1-9H3. The lowest BCUT2D eigenvalue weighted by atomic mass is 10.0. The largest absolute Gasteiger partial charge is 0.439 e. The first-order valence-corrected chi connectivity index (χ1v) is 15.4. The van der Waals surface area contributed by atoms with Crippen LogP contribution in [0.4, 0.5) is 16.4 Å². The molecule has 2 aromatic heterocycles. The maximum Gasteiger partial charge on any atom is 0.415 e. The molecule has 4 rings (SSSR count). The third-order valence-corrected chi connectivity index (χ3v) is 8.87. The van der Waals surface area contributed by atoms with Crippen LogP contribution in [-0.4, -0.2) is 110 Å². The van der Waals surface area contributed by atoms with Crippen molar-refractivity contribution in [2.75, 3.05) is 58.4 Å². The van der Waals surface area contributed by atoms with Crippen molar-refractivity contribution >= 4 is 29.9 Å². The van der Waals surface area contributed by atoms with Crippen LogP contribution in [0.3, 0.4) is 0 Å². The number of aldehydes is 1. The first-order valence-electron chi connectivity index (χ1n) is 15.4. The minimum atomic E-state index is -0.939. The lowest BCUT2D eigenvalue weighted by Gasteiger charge is -2.23. The molecule has 2 aromatic rings. The number of aryl methyl sites for hydroxylation is 2. The Kier molecular flexibility index (Phi) is 11.9. The molecule has 0 saturated carbocycles. The van der Waals surface area contributed by atoms with Crippen molar-refractivity contribution in [1.82, 2.24) is 19.1 Å². The fourth-order valence-electron chi connectivity index (χ4n) is 6.40. The van der Waals surface area contributed by atoms with Crippen LogP contribution in [0.15, 0.2) is 22.0 Å². The number of ether oxygens (including phenoxy) is 6. The Morgan fingerprint density at radius 1 is 0.854 bits per heavy atom. The number of anilines is 2. The van der Waals surface area contributed by atoms with Crippen LogP contribution in [0.1, 0.15) is 43.9 Å². The van der Waals surface area contributed by atoms with E-state index in [9.17, 15) is 24.0 Å². The van der Waals surface area contributed by atoms with Crippen molar-refractivity contribution in [2.24, 2.45) is 11.8 Å². The Bertz CT molecular complexity index is 1610. The molecule has 4 heterocycles. The van der Waals surface area contributed by atoms with E-state index in [4.69, 9.17) is 28.4 Å². The summed E-state index contributed by atoms with van der Waals surface area (Å²) in [6.45, 7) is 6.70. The van der Waals surface area contributed by atoms with Crippen LogP contribution in [0.25, 0.3) is 0 Å². The molecule has 2 amide bonds. The third kappa shape index (κ3) is 7.19. The van der Waals surface area contributed by atoms with E-state index in [-0.39, 0.29) is 48.7 Å². The zero-order valence-electron chi connectivity index (χ0n) is 28.6. The molecule has 2 saturated heterocycles. The minimum Gasteiger partial charge on any atom is -0.439 e. The number of aromatic nitrogens is 4. The number of amides is 2. The molecule has 2 fully saturated rings. The van der Waals surface area contributed by atoms with Gasteiger partial charge in [0.1, 0.15) is 36.5 Å². The summed E-state index contributed by atoms with van der Waals surface area (Å²) in [5.41, 5.74) is -0.371. The molecule has 8 atom stereocenters. The van der Waals surface area contributed by atoms with Gasteiger partial charge in [0, 0.05) is 77.2 Å². The van der Waals surface area contributed by atoms with Gasteiger partial charge in [0.2, 0.25) is 0 Å². The Labute approximate surface area is 277 Å². The first kappa shape index (κ1) is 36.8. The van der Waals surface area contributed by atoms with E-state index in [1.807, 2.05) is 13.8 Å². The average Bonchev–Trinajstić information content (AvgIpc) is 3.54. The van der Waals surface area contributed by atoms with Crippen LogP contribution < -0.4 is 21.2 Å². The molecular formula is C31H44N6O11. The number of carbonyl (C=O) groups excluding carboxylic acids is 3. The van der Waals surface area contributed by atoms with E-state index in [0.717, 1.165) is 16.1 Å². The Balaban J connectivity index is 1.42. The SMILES string of the molecule is COCC1OC(n2cc(C)c(N(C)C(=O)COC(=O)N(C)c3nc(=O)n(C4OC(CC=O)C(OC)C4C)cc3C)nc2=O)C(C)C1OC. The van der Waals surface area contributed by atoms with Crippen LogP contribution in [0.5, 0.6) is 0 Å². The van der Waals surface area contributed by atoms with Crippen LogP contribution in [0.2, 0.25) is 0 Å². The van der Waals surface area contributed by atoms with Crippen molar-refractivity contribution in [3.05, 3.63) is 44.5 Å². The quantitative estimate of drug-likeness (QED) is 0.290. The molecule has 0 aliphatic carbocycles. The Morgan fingerprint density at radius 3 is 1.81 bits per heavy atom. The van der Waals surface area contributed by atoms with E-state index >= 15 is 0 Å². The predicted molar refractivity (Wildman–Crippen MR) is 170 cm³/mol. The summed E-state index contributed by atoms with van der Waals surface area (Å²) in [6, 6.07) is 0. The number of hydrogen-bond donors (Lipinski definition) is 0. The highest BCUT2D eigenvalue weighted by molar-refractivity contribution is 5.95. The minimum absolute atomic E-state index is 0.0216. The molecule has 0 aromatic carbocycles. The first-order chi connectivity index (χ1) is 22.8. The maximum absolute atomic E-state index is 13.1. The van der Waals surface area contributed by atoms with Crippen LogP contribution in [-0.2, 0) is 38.0 Å². The maximum atomic E-state index is 13.1. The summed E-state index contributed by atoms with van der Waals surface area (Å²) in [6.07, 6.45) is -0.0253. The van der Waals surface area contributed by atoms with Gasteiger partial charge in [0.25, 0.3) is 5.91 Å². The van der Waals surface area contributed by atoms with Gasteiger partial charge in [-0.2, -0.15) is 9.97 Å². The van der Waals surface area contributed by atoms with Gasteiger partial charge in [0.15, 0.2) is 6.61 Å². The second-order valence-corrected chi connectivity index (χ2v) is 12.0. The summed E-state index contributed by atoms with van der Waals surface area (Å²) >= 11 is 0. The summed E-state index contributed by atoms with van der Waals surface area (Å²) in [7, 11) is 7.40. The Hall–Kier alpha value is -4.03. The van der Waals surface area contributed by atoms with E-state index in [2.05, 4.69) is 9.97 Å². The van der Waals surface area contributed by atoms with Gasteiger partial charge in [-0.05, 0) is 13.8 Å². The molecule has 0 bridgehead atoms. The molecule has 2 aliphatic heterocycles. The smallest absolute Gasteiger partial charge is 0.415 e. The third-order valence-electron chi connectivity index (χ3n) is 8.87. The normalized spacial score (nSPS) is 26.8.